The zero-order chi connectivity index (χ0) is 76.1. The summed E-state index contributed by atoms with van der Waals surface area (Å²) in [6.07, 6.45) is 15.4. The van der Waals surface area contributed by atoms with E-state index in [9.17, 15) is 0 Å². The lowest BCUT2D eigenvalue weighted by Gasteiger charge is -2.40. The second-order valence-corrected chi connectivity index (χ2v) is 34.3. The molecule has 106 heavy (non-hydrogen) atoms. The van der Waals surface area contributed by atoms with Crippen LogP contribution < -0.4 is 20.7 Å². The quantitative estimate of drug-likeness (QED) is 0.0352. The van der Waals surface area contributed by atoms with Crippen molar-refractivity contribution in [1.29, 1.82) is 0 Å². The molecule has 0 radical (unpaired) electrons. The molecule has 0 bridgehead atoms. The van der Waals surface area contributed by atoms with Gasteiger partial charge in [-0.05, 0) is 256 Å². The Morgan fingerprint density at radius 1 is 0.396 bits per heavy atom. The molecule has 0 unspecified atom stereocenters. The maximum Gasteiger partial charge on any atom is 0.500 e. The zero-order valence-corrected chi connectivity index (χ0v) is 71.3. The molecule has 0 spiro atoms. The second-order valence-electron chi connectivity index (χ2n) is 29.7. The standard InChI is InChI=1S/C37H41B2F2NO4.C19H29BrO3.C18H12Br3N.C14H21Br/c1-24-10-12-25(13-11-24)26-14-18-28(19-15-26)42(29-20-16-27(17-21-29)38-43-34(2,3)35(4,5)44-38)30-22-31(40)33(32(41)23-30)39-45-36(6,7)37(8,9)46-39;1-2-19(15-23-16-19)14-22-12-6-4-3-5-11-21-13-17-7-9-18(20)10-8-17;19-13-1-7-16(8-2-13)22(17-9-3-14(20)4-10-17)18-11-5-15(21)6-12-18;1-2-3-4-5-6-7-8-13-9-11-14(15)12-10-13/h10-23H,1-9H3;7-10H,2-6,11-16H2,1H3;1-12H;9-12H,2-8H2,1H3. The fourth-order valence-corrected chi connectivity index (χ4v) is 13.5. The molecule has 3 fully saturated rings. The first-order chi connectivity index (χ1) is 50.7. The van der Waals surface area contributed by atoms with Gasteiger partial charge >= 0.3 is 14.2 Å². The van der Waals surface area contributed by atoms with Crippen LogP contribution in [-0.4, -0.2) is 69.7 Å². The van der Waals surface area contributed by atoms with E-state index in [1.54, 1.807) is 0 Å². The van der Waals surface area contributed by atoms with Gasteiger partial charge in [-0.25, -0.2) is 8.78 Å². The molecule has 0 saturated carbocycles. The lowest BCUT2D eigenvalue weighted by Crippen LogP contribution is -2.45. The highest BCUT2D eigenvalue weighted by molar-refractivity contribution is 9.11. The molecule has 562 valence electrons. The predicted octanol–water partition coefficient (Wildman–Crippen LogP) is 25.8. The summed E-state index contributed by atoms with van der Waals surface area (Å²) in [5, 5.41) is 0. The zero-order valence-electron chi connectivity index (χ0n) is 63.4. The molecular weight excluding hydrogens is 1660 g/mol. The number of hydrogen-bond donors (Lipinski definition) is 0. The minimum atomic E-state index is -1.17. The van der Waals surface area contributed by atoms with Crippen LogP contribution in [-0.2, 0) is 45.9 Å². The molecule has 9 aromatic rings. The molecule has 3 heterocycles. The van der Waals surface area contributed by atoms with Crippen LogP contribution in [0.1, 0.15) is 157 Å². The van der Waals surface area contributed by atoms with Crippen molar-refractivity contribution >= 4 is 139 Å². The molecule has 0 atom stereocenters. The van der Waals surface area contributed by atoms with Crippen LogP contribution in [0.3, 0.4) is 0 Å². The van der Waals surface area contributed by atoms with E-state index < -0.39 is 48.3 Å². The molecule has 9 aromatic carbocycles. The number of benzene rings is 9. The van der Waals surface area contributed by atoms with Crippen LogP contribution in [0.25, 0.3) is 11.1 Å². The van der Waals surface area contributed by atoms with Gasteiger partial charge in [-0.2, -0.15) is 0 Å². The summed E-state index contributed by atoms with van der Waals surface area (Å²) >= 11 is 17.4. The predicted molar refractivity (Wildman–Crippen MR) is 455 cm³/mol. The van der Waals surface area contributed by atoms with Crippen molar-refractivity contribution in [3.05, 3.63) is 257 Å². The van der Waals surface area contributed by atoms with Crippen LogP contribution in [0.2, 0.25) is 0 Å². The molecule has 0 aliphatic carbocycles. The van der Waals surface area contributed by atoms with Crippen molar-refractivity contribution in [1.82, 2.24) is 0 Å². The first kappa shape index (κ1) is 84.7. The Hall–Kier alpha value is -5.31. The minimum absolute atomic E-state index is 0.242. The molecule has 18 heteroatoms. The van der Waals surface area contributed by atoms with Crippen LogP contribution in [0.5, 0.6) is 0 Å². The van der Waals surface area contributed by atoms with Gasteiger partial charge in [0.05, 0.1) is 60.0 Å². The summed E-state index contributed by atoms with van der Waals surface area (Å²) in [5.41, 5.74) is 9.63. The average molecular weight is 1760 g/mol. The summed E-state index contributed by atoms with van der Waals surface area (Å²) < 4.78 is 78.7. The highest BCUT2D eigenvalue weighted by atomic mass is 79.9. The molecule has 12 rings (SSSR count). The maximum absolute atomic E-state index is 15.9. The third-order valence-electron chi connectivity index (χ3n) is 20.5. The van der Waals surface area contributed by atoms with Gasteiger partial charge in [0.2, 0.25) is 0 Å². The number of hydrogen-bond acceptors (Lipinski definition) is 9. The Morgan fingerprint density at radius 3 is 1.16 bits per heavy atom. The first-order valence-corrected chi connectivity index (χ1v) is 41.2. The number of rotatable bonds is 28. The highest BCUT2D eigenvalue weighted by Crippen LogP contribution is 2.42. The number of aryl methyl sites for hydroxylation is 2. The van der Waals surface area contributed by atoms with Gasteiger partial charge in [0.15, 0.2) is 0 Å². The first-order valence-electron chi connectivity index (χ1n) is 37.2. The van der Waals surface area contributed by atoms with Crippen LogP contribution in [0.4, 0.5) is 42.9 Å². The Bertz CT molecular complexity index is 3970. The second kappa shape index (κ2) is 40.1. The largest absolute Gasteiger partial charge is 0.500 e. The average Bonchev–Trinajstić information content (AvgIpc) is 1.61. The maximum atomic E-state index is 15.9. The summed E-state index contributed by atoms with van der Waals surface area (Å²) in [4.78, 5) is 4.05. The molecule has 3 saturated heterocycles. The van der Waals surface area contributed by atoms with E-state index >= 15 is 8.78 Å². The van der Waals surface area contributed by atoms with E-state index in [2.05, 4.69) is 251 Å². The van der Waals surface area contributed by atoms with Crippen molar-refractivity contribution in [2.45, 2.75) is 182 Å². The number of nitrogens with zero attached hydrogens (tertiary/aromatic N) is 2. The molecule has 3 aliphatic heterocycles. The molecule has 0 amide bonds. The highest BCUT2D eigenvalue weighted by Gasteiger charge is 2.54. The molecule has 0 aromatic heterocycles. The number of halogens is 7. The fraction of sp³-hybridized carbons (Fsp3) is 0.386. The van der Waals surface area contributed by atoms with E-state index in [1.165, 1.54) is 91.1 Å². The van der Waals surface area contributed by atoms with Gasteiger partial charge in [-0.1, -0.05) is 217 Å². The summed E-state index contributed by atoms with van der Waals surface area (Å²) in [5.74, 6) is -1.49. The number of ether oxygens (including phenoxy) is 3. The fourth-order valence-electron chi connectivity index (χ4n) is 12.2. The molecular formula is C88H103B2Br5F2N2O7. The van der Waals surface area contributed by atoms with Crippen molar-refractivity contribution in [2.75, 3.05) is 42.8 Å². The normalized spacial score (nSPS) is 15.6. The number of unbranched alkanes of at least 4 members (excludes halogenated alkanes) is 8. The van der Waals surface area contributed by atoms with Gasteiger partial charge in [0, 0.05) is 69.4 Å². The monoisotopic (exact) mass is 1750 g/mol. The van der Waals surface area contributed by atoms with Gasteiger partial charge in [0.1, 0.15) is 11.6 Å². The van der Waals surface area contributed by atoms with E-state index in [-0.39, 0.29) is 5.46 Å². The SMILES string of the molecule is Brc1ccc(N(c2ccc(Br)cc2)c2ccc(Br)cc2)cc1.CCC1(COCCCCCCOCc2ccc(Br)cc2)COC1.CCCCCCCCc1ccc(Br)cc1.Cc1ccc(-c2ccc(N(c3ccc(B4OC(C)(C)C(C)(C)O4)cc3)c3cc(F)c(B4OC(C)(C)C(C)(C)O4)c(F)c3)cc2)cc1. The van der Waals surface area contributed by atoms with Gasteiger partial charge in [-0.3, -0.25) is 0 Å². The Balaban J connectivity index is 0.000000181. The summed E-state index contributed by atoms with van der Waals surface area (Å²) in [6, 6.07) is 68.5. The van der Waals surface area contributed by atoms with Crippen molar-refractivity contribution in [2.24, 2.45) is 5.41 Å². The third kappa shape index (κ3) is 24.1. The van der Waals surface area contributed by atoms with Gasteiger partial charge < -0.3 is 42.6 Å². The summed E-state index contributed by atoms with van der Waals surface area (Å²) in [7, 11) is -1.70. The lowest BCUT2D eigenvalue weighted by atomic mass is 9.78. The molecule has 0 N–H and O–H groups in total. The van der Waals surface area contributed by atoms with Crippen molar-refractivity contribution in [3.8, 4) is 11.1 Å². The summed E-state index contributed by atoms with van der Waals surface area (Å²) in [6.45, 7) is 27.0. The molecule has 3 aliphatic rings. The van der Waals surface area contributed by atoms with E-state index in [0.717, 1.165) is 110 Å². The van der Waals surface area contributed by atoms with Crippen LogP contribution in [0, 0.1) is 24.0 Å². The van der Waals surface area contributed by atoms with E-state index in [0.29, 0.717) is 23.4 Å². The van der Waals surface area contributed by atoms with Crippen molar-refractivity contribution in [3.63, 3.8) is 0 Å². The minimum Gasteiger partial charge on any atom is -0.399 e. The third-order valence-corrected chi connectivity index (χ3v) is 23.1. The number of anilines is 6. The van der Waals surface area contributed by atoms with Gasteiger partial charge in [0.25, 0.3) is 0 Å². The topological polar surface area (TPSA) is 71.1 Å². The van der Waals surface area contributed by atoms with Crippen molar-refractivity contribution < 1.29 is 41.6 Å². The Kier molecular flexibility index (Phi) is 32.0. The van der Waals surface area contributed by atoms with Gasteiger partial charge in [-0.15, -0.1) is 0 Å². The van der Waals surface area contributed by atoms with Crippen LogP contribution >= 0.6 is 79.6 Å². The Labute approximate surface area is 673 Å². The van der Waals surface area contributed by atoms with E-state index in [4.69, 9.17) is 32.8 Å². The van der Waals surface area contributed by atoms with Crippen LogP contribution in [0.15, 0.2) is 229 Å². The molecule has 9 nitrogen and oxygen atoms in total. The van der Waals surface area contributed by atoms with E-state index in [1.807, 2.05) is 109 Å². The lowest BCUT2D eigenvalue weighted by molar-refractivity contribution is -0.150. The Morgan fingerprint density at radius 2 is 0.745 bits per heavy atom. The smallest absolute Gasteiger partial charge is 0.399 e.